The second kappa shape index (κ2) is 5.59. The zero-order valence-corrected chi connectivity index (χ0v) is 12.0. The first-order valence-electron chi connectivity index (χ1n) is 6.89. The zero-order chi connectivity index (χ0) is 13.9. The van der Waals surface area contributed by atoms with Gasteiger partial charge in [-0.25, -0.2) is 0 Å². The maximum atomic E-state index is 5.74. The summed E-state index contributed by atoms with van der Waals surface area (Å²) in [4.78, 5) is 14.8. The minimum Gasteiger partial charge on any atom is -0.463 e. The molecule has 1 aromatic rings. The van der Waals surface area contributed by atoms with Crippen LogP contribution in [0.1, 0.15) is 40.0 Å². The molecule has 1 aliphatic heterocycles. The highest BCUT2D eigenvalue weighted by Crippen LogP contribution is 2.30. The van der Waals surface area contributed by atoms with Crippen LogP contribution < -0.4 is 15.4 Å². The summed E-state index contributed by atoms with van der Waals surface area (Å²) in [7, 11) is 0. The Hall–Kier alpha value is -1.59. The van der Waals surface area contributed by atoms with Crippen LogP contribution in [0.4, 0.5) is 11.9 Å². The van der Waals surface area contributed by atoms with Crippen LogP contribution in [-0.2, 0) is 0 Å². The minimum atomic E-state index is 0.222. The van der Waals surface area contributed by atoms with E-state index in [1.54, 1.807) is 0 Å². The molecule has 0 amide bonds. The SMILES string of the molecule is CCCOc1nc(N)nc(N2CCCC(C)(C)C2)n1. The van der Waals surface area contributed by atoms with Gasteiger partial charge in [-0.05, 0) is 24.7 Å². The number of ether oxygens (including phenoxy) is 1. The third-order valence-corrected chi connectivity index (χ3v) is 3.24. The van der Waals surface area contributed by atoms with Crippen molar-refractivity contribution in [1.29, 1.82) is 0 Å². The Morgan fingerprint density at radius 1 is 1.32 bits per heavy atom. The van der Waals surface area contributed by atoms with Gasteiger partial charge < -0.3 is 15.4 Å². The molecule has 6 heteroatoms. The highest BCUT2D eigenvalue weighted by atomic mass is 16.5. The molecule has 1 saturated heterocycles. The monoisotopic (exact) mass is 265 g/mol. The molecule has 2 heterocycles. The number of piperidine rings is 1. The first kappa shape index (κ1) is 13.8. The number of anilines is 2. The number of aromatic nitrogens is 3. The van der Waals surface area contributed by atoms with Gasteiger partial charge in [0.15, 0.2) is 0 Å². The molecule has 0 aliphatic carbocycles. The van der Waals surface area contributed by atoms with E-state index in [2.05, 4.69) is 33.7 Å². The summed E-state index contributed by atoms with van der Waals surface area (Å²) in [6, 6.07) is 0.327. The Bertz CT molecular complexity index is 435. The second-order valence-electron chi connectivity index (χ2n) is 5.81. The number of hydrogen-bond acceptors (Lipinski definition) is 6. The van der Waals surface area contributed by atoms with E-state index in [9.17, 15) is 0 Å². The molecule has 1 aliphatic rings. The fraction of sp³-hybridized carbons (Fsp3) is 0.769. The van der Waals surface area contributed by atoms with E-state index >= 15 is 0 Å². The van der Waals surface area contributed by atoms with E-state index < -0.39 is 0 Å². The van der Waals surface area contributed by atoms with Crippen molar-refractivity contribution in [3.63, 3.8) is 0 Å². The molecule has 1 aromatic heterocycles. The number of hydrogen-bond donors (Lipinski definition) is 1. The summed E-state index contributed by atoms with van der Waals surface area (Å²) < 4.78 is 5.45. The summed E-state index contributed by atoms with van der Waals surface area (Å²) in [5, 5.41) is 0. The number of nitrogens with two attached hydrogens (primary N) is 1. The second-order valence-corrected chi connectivity index (χ2v) is 5.81. The lowest BCUT2D eigenvalue weighted by molar-refractivity contribution is 0.282. The lowest BCUT2D eigenvalue weighted by Crippen LogP contribution is -2.41. The van der Waals surface area contributed by atoms with E-state index in [0.717, 1.165) is 25.9 Å². The molecular weight excluding hydrogens is 242 g/mol. The largest absolute Gasteiger partial charge is 0.463 e. The fourth-order valence-corrected chi connectivity index (χ4v) is 2.35. The van der Waals surface area contributed by atoms with Gasteiger partial charge in [0.25, 0.3) is 0 Å². The molecule has 19 heavy (non-hydrogen) atoms. The van der Waals surface area contributed by atoms with Crippen molar-refractivity contribution < 1.29 is 4.74 Å². The van der Waals surface area contributed by atoms with Gasteiger partial charge in [0.2, 0.25) is 11.9 Å². The Morgan fingerprint density at radius 2 is 2.11 bits per heavy atom. The van der Waals surface area contributed by atoms with Gasteiger partial charge in [-0.3, -0.25) is 0 Å². The van der Waals surface area contributed by atoms with Crippen molar-refractivity contribution in [3.8, 4) is 6.01 Å². The molecule has 0 radical (unpaired) electrons. The smallest absolute Gasteiger partial charge is 0.323 e. The van der Waals surface area contributed by atoms with Crippen LogP contribution in [0.2, 0.25) is 0 Å². The van der Waals surface area contributed by atoms with Gasteiger partial charge in [0, 0.05) is 13.1 Å². The van der Waals surface area contributed by atoms with Crippen molar-refractivity contribution in [2.24, 2.45) is 5.41 Å². The molecule has 0 unspecified atom stereocenters. The van der Waals surface area contributed by atoms with Gasteiger partial charge in [0.05, 0.1) is 6.61 Å². The van der Waals surface area contributed by atoms with E-state index in [-0.39, 0.29) is 11.4 Å². The van der Waals surface area contributed by atoms with Gasteiger partial charge in [-0.15, -0.1) is 0 Å². The normalized spacial score (nSPS) is 18.4. The lowest BCUT2D eigenvalue weighted by Gasteiger charge is -2.37. The molecule has 0 aromatic carbocycles. The molecular formula is C13H23N5O. The van der Waals surface area contributed by atoms with Crippen molar-refractivity contribution in [2.75, 3.05) is 30.3 Å². The minimum absolute atomic E-state index is 0.222. The van der Waals surface area contributed by atoms with Crippen LogP contribution in [0.3, 0.4) is 0 Å². The molecule has 0 atom stereocenters. The average Bonchev–Trinajstić information content (AvgIpc) is 2.34. The van der Waals surface area contributed by atoms with Crippen LogP contribution in [-0.4, -0.2) is 34.6 Å². The van der Waals surface area contributed by atoms with Crippen LogP contribution in [0.5, 0.6) is 6.01 Å². The van der Waals surface area contributed by atoms with E-state index in [0.29, 0.717) is 18.6 Å². The summed E-state index contributed by atoms with van der Waals surface area (Å²) in [5.41, 5.74) is 6.02. The molecule has 0 saturated carbocycles. The van der Waals surface area contributed by atoms with E-state index in [1.807, 2.05) is 6.92 Å². The predicted molar refractivity (Wildman–Crippen MR) is 75.3 cm³/mol. The third kappa shape index (κ3) is 3.68. The summed E-state index contributed by atoms with van der Waals surface area (Å²) in [5.74, 6) is 0.853. The zero-order valence-electron chi connectivity index (χ0n) is 12.0. The maximum Gasteiger partial charge on any atom is 0.323 e. The first-order chi connectivity index (χ1) is 9.00. The van der Waals surface area contributed by atoms with Crippen LogP contribution in [0, 0.1) is 5.41 Å². The van der Waals surface area contributed by atoms with Crippen molar-refractivity contribution in [1.82, 2.24) is 15.0 Å². The van der Waals surface area contributed by atoms with Gasteiger partial charge in [0.1, 0.15) is 0 Å². The first-order valence-corrected chi connectivity index (χ1v) is 6.89. The predicted octanol–water partition coefficient (Wildman–Crippen LogP) is 1.87. The molecule has 0 bridgehead atoms. The van der Waals surface area contributed by atoms with Gasteiger partial charge in [-0.2, -0.15) is 15.0 Å². The number of nitrogens with zero attached hydrogens (tertiary/aromatic N) is 4. The van der Waals surface area contributed by atoms with Crippen molar-refractivity contribution >= 4 is 11.9 Å². The topological polar surface area (TPSA) is 77.2 Å². The van der Waals surface area contributed by atoms with Gasteiger partial charge in [-0.1, -0.05) is 20.8 Å². The van der Waals surface area contributed by atoms with Gasteiger partial charge >= 0.3 is 6.01 Å². The van der Waals surface area contributed by atoms with E-state index in [4.69, 9.17) is 10.5 Å². The van der Waals surface area contributed by atoms with Crippen LogP contribution in [0.25, 0.3) is 0 Å². The summed E-state index contributed by atoms with van der Waals surface area (Å²) >= 11 is 0. The van der Waals surface area contributed by atoms with Crippen molar-refractivity contribution in [3.05, 3.63) is 0 Å². The lowest BCUT2D eigenvalue weighted by atomic mass is 9.84. The highest BCUT2D eigenvalue weighted by Gasteiger charge is 2.28. The number of rotatable bonds is 4. The quantitative estimate of drug-likeness (QED) is 0.895. The number of nitrogen functional groups attached to an aromatic ring is 1. The molecule has 2 rings (SSSR count). The average molecular weight is 265 g/mol. The Balaban J connectivity index is 2.16. The third-order valence-electron chi connectivity index (χ3n) is 3.24. The Kier molecular flexibility index (Phi) is 4.07. The molecule has 106 valence electrons. The summed E-state index contributed by atoms with van der Waals surface area (Å²) in [6.45, 7) is 9.05. The highest BCUT2D eigenvalue weighted by molar-refractivity contribution is 5.36. The maximum absolute atomic E-state index is 5.74. The van der Waals surface area contributed by atoms with Crippen LogP contribution in [0.15, 0.2) is 0 Å². The molecule has 2 N–H and O–H groups in total. The summed E-state index contributed by atoms with van der Waals surface area (Å²) in [6.07, 6.45) is 3.28. The van der Waals surface area contributed by atoms with E-state index in [1.165, 1.54) is 6.42 Å². The Morgan fingerprint density at radius 3 is 2.79 bits per heavy atom. The fourth-order valence-electron chi connectivity index (χ4n) is 2.35. The molecule has 6 nitrogen and oxygen atoms in total. The Labute approximate surface area is 114 Å². The molecule has 0 spiro atoms. The molecule has 1 fully saturated rings. The van der Waals surface area contributed by atoms with Crippen molar-refractivity contribution in [2.45, 2.75) is 40.0 Å². The van der Waals surface area contributed by atoms with Crippen LogP contribution >= 0.6 is 0 Å². The standard InChI is InChI=1S/C13H23N5O/c1-4-8-19-12-16-10(14)15-11(17-12)18-7-5-6-13(2,3)9-18/h4-9H2,1-3H3,(H2,14,15,16,17).